The largest absolute Gasteiger partial charge is 0.480 e. The van der Waals surface area contributed by atoms with Crippen LogP contribution in [0.25, 0.3) is 0 Å². The van der Waals surface area contributed by atoms with Crippen molar-refractivity contribution < 1.29 is 27.9 Å². The van der Waals surface area contributed by atoms with Crippen molar-refractivity contribution >= 4 is 12.0 Å². The molecule has 0 aromatic carbocycles. The summed E-state index contributed by atoms with van der Waals surface area (Å²) < 4.78 is 36.0. The predicted molar refractivity (Wildman–Crippen MR) is 51.4 cm³/mol. The first-order valence-electron chi connectivity index (χ1n) is 5.00. The minimum Gasteiger partial charge on any atom is -0.480 e. The Labute approximate surface area is 95.6 Å². The molecule has 0 unspecified atom stereocenters. The molecular weight excluding hydrogens is 241 g/mol. The van der Waals surface area contributed by atoms with Gasteiger partial charge in [-0.2, -0.15) is 13.2 Å². The maximum atomic E-state index is 12.0. The van der Waals surface area contributed by atoms with Gasteiger partial charge in [0.1, 0.15) is 12.1 Å². The van der Waals surface area contributed by atoms with Gasteiger partial charge >= 0.3 is 18.2 Å². The highest BCUT2D eigenvalue weighted by Crippen LogP contribution is 2.32. The lowest BCUT2D eigenvalue weighted by molar-refractivity contribution is -0.148. The van der Waals surface area contributed by atoms with E-state index >= 15 is 0 Å². The molecule has 0 aliphatic heterocycles. The minimum atomic E-state index is -4.50. The van der Waals surface area contributed by atoms with E-state index in [2.05, 4.69) is 5.32 Å². The van der Waals surface area contributed by atoms with Crippen LogP contribution < -0.4 is 5.32 Å². The van der Waals surface area contributed by atoms with E-state index < -0.39 is 30.3 Å². The molecule has 0 saturated heterocycles. The topological polar surface area (TPSA) is 69.6 Å². The number of halogens is 3. The fourth-order valence-electron chi connectivity index (χ4n) is 1.56. The standard InChI is InChI=1S/C9H13F3N2O3/c1-14(5-9(10,11)12)7(17)13-8(6(15)16)3-2-4-8/h2-5H2,1H3,(H,13,17)(H,15,16). The van der Waals surface area contributed by atoms with E-state index in [1.807, 2.05) is 0 Å². The second kappa shape index (κ2) is 4.42. The Morgan fingerprint density at radius 3 is 2.24 bits per heavy atom. The van der Waals surface area contributed by atoms with E-state index in [0.29, 0.717) is 11.3 Å². The van der Waals surface area contributed by atoms with E-state index in [1.54, 1.807) is 0 Å². The molecule has 1 fully saturated rings. The van der Waals surface area contributed by atoms with Crippen LogP contribution in [0.1, 0.15) is 19.3 Å². The number of carboxylic acid groups (broad SMARTS) is 1. The number of urea groups is 1. The predicted octanol–water partition coefficient (Wildman–Crippen LogP) is 1.20. The van der Waals surface area contributed by atoms with Crippen molar-refractivity contribution in [3.8, 4) is 0 Å². The molecule has 17 heavy (non-hydrogen) atoms. The number of amides is 2. The van der Waals surface area contributed by atoms with Gasteiger partial charge in [0.05, 0.1) is 0 Å². The van der Waals surface area contributed by atoms with Gasteiger partial charge in [-0.15, -0.1) is 0 Å². The number of alkyl halides is 3. The third-order valence-electron chi connectivity index (χ3n) is 2.73. The second-order valence-electron chi connectivity index (χ2n) is 4.14. The van der Waals surface area contributed by atoms with Crippen molar-refractivity contribution in [2.24, 2.45) is 0 Å². The molecule has 1 aliphatic carbocycles. The van der Waals surface area contributed by atoms with Crippen LogP contribution in [0.5, 0.6) is 0 Å². The summed E-state index contributed by atoms with van der Waals surface area (Å²) in [6.07, 6.45) is -3.38. The lowest BCUT2D eigenvalue weighted by Gasteiger charge is -2.39. The summed E-state index contributed by atoms with van der Waals surface area (Å²) in [7, 11) is 0.969. The fourth-order valence-corrected chi connectivity index (χ4v) is 1.56. The zero-order chi connectivity index (χ0) is 13.3. The molecule has 98 valence electrons. The third-order valence-corrected chi connectivity index (χ3v) is 2.73. The van der Waals surface area contributed by atoms with Gasteiger partial charge in [-0.05, 0) is 19.3 Å². The molecule has 8 heteroatoms. The Balaban J connectivity index is 2.57. The normalized spacial score (nSPS) is 18.1. The first kappa shape index (κ1) is 13.6. The van der Waals surface area contributed by atoms with E-state index in [9.17, 15) is 22.8 Å². The highest BCUT2D eigenvalue weighted by atomic mass is 19.4. The average Bonchev–Trinajstić information content (AvgIpc) is 2.07. The van der Waals surface area contributed by atoms with Crippen molar-refractivity contribution in [2.75, 3.05) is 13.6 Å². The summed E-state index contributed by atoms with van der Waals surface area (Å²) in [5, 5.41) is 11.0. The summed E-state index contributed by atoms with van der Waals surface area (Å²) in [6, 6.07) is -1.02. The summed E-state index contributed by atoms with van der Waals surface area (Å²) in [6.45, 7) is -1.41. The van der Waals surface area contributed by atoms with Crippen LogP contribution in [-0.4, -0.2) is 47.3 Å². The average molecular weight is 254 g/mol. The maximum Gasteiger partial charge on any atom is 0.406 e. The van der Waals surface area contributed by atoms with Crippen LogP contribution >= 0.6 is 0 Å². The maximum absolute atomic E-state index is 12.0. The van der Waals surface area contributed by atoms with Crippen LogP contribution in [0.2, 0.25) is 0 Å². The van der Waals surface area contributed by atoms with Gasteiger partial charge in [-0.25, -0.2) is 9.59 Å². The molecule has 0 aromatic rings. The van der Waals surface area contributed by atoms with E-state index in [1.165, 1.54) is 0 Å². The number of nitrogens with zero attached hydrogens (tertiary/aromatic N) is 1. The minimum absolute atomic E-state index is 0.244. The van der Waals surface area contributed by atoms with Gasteiger partial charge in [-0.1, -0.05) is 0 Å². The van der Waals surface area contributed by atoms with Crippen molar-refractivity contribution in [1.29, 1.82) is 0 Å². The summed E-state index contributed by atoms with van der Waals surface area (Å²) in [4.78, 5) is 22.7. The summed E-state index contributed by atoms with van der Waals surface area (Å²) >= 11 is 0. The lowest BCUT2D eigenvalue weighted by Crippen LogP contribution is -2.61. The monoisotopic (exact) mass is 254 g/mol. The van der Waals surface area contributed by atoms with Gasteiger partial charge < -0.3 is 15.3 Å². The molecule has 1 aliphatic rings. The van der Waals surface area contributed by atoms with Crippen LogP contribution in [0.15, 0.2) is 0 Å². The van der Waals surface area contributed by atoms with Crippen LogP contribution in [0.4, 0.5) is 18.0 Å². The van der Waals surface area contributed by atoms with Crippen molar-refractivity contribution in [2.45, 2.75) is 31.0 Å². The van der Waals surface area contributed by atoms with Crippen molar-refractivity contribution in [1.82, 2.24) is 10.2 Å². The Hall–Kier alpha value is -1.47. The number of aliphatic carboxylic acids is 1. The van der Waals surface area contributed by atoms with Crippen molar-refractivity contribution in [3.05, 3.63) is 0 Å². The second-order valence-corrected chi connectivity index (χ2v) is 4.14. The van der Waals surface area contributed by atoms with Gasteiger partial charge in [0.2, 0.25) is 0 Å². The highest BCUT2D eigenvalue weighted by Gasteiger charge is 2.46. The molecular formula is C9H13F3N2O3. The van der Waals surface area contributed by atoms with Gasteiger partial charge in [-0.3, -0.25) is 0 Å². The molecule has 5 nitrogen and oxygen atoms in total. The third kappa shape index (κ3) is 3.24. The first-order chi connectivity index (χ1) is 7.66. The lowest BCUT2D eigenvalue weighted by atomic mass is 9.77. The number of carbonyl (C=O) groups excluding carboxylic acids is 1. The molecule has 0 spiro atoms. The molecule has 1 saturated carbocycles. The molecule has 0 aromatic heterocycles. The molecule has 0 atom stereocenters. The molecule has 1 rings (SSSR count). The summed E-state index contributed by atoms with van der Waals surface area (Å²) in [5.41, 5.74) is -1.39. The smallest absolute Gasteiger partial charge is 0.406 e. The molecule has 2 N–H and O–H groups in total. The van der Waals surface area contributed by atoms with E-state index in [0.717, 1.165) is 7.05 Å². The fraction of sp³-hybridized carbons (Fsp3) is 0.778. The van der Waals surface area contributed by atoms with E-state index in [4.69, 9.17) is 5.11 Å². The number of hydrogen-bond donors (Lipinski definition) is 2. The van der Waals surface area contributed by atoms with Crippen LogP contribution in [0.3, 0.4) is 0 Å². The number of rotatable bonds is 3. The Morgan fingerprint density at radius 2 is 1.94 bits per heavy atom. The molecule has 2 amide bonds. The van der Waals surface area contributed by atoms with Gasteiger partial charge in [0.15, 0.2) is 0 Å². The van der Waals surface area contributed by atoms with E-state index in [-0.39, 0.29) is 12.8 Å². The Morgan fingerprint density at radius 1 is 1.41 bits per heavy atom. The van der Waals surface area contributed by atoms with Crippen LogP contribution in [0, 0.1) is 0 Å². The molecule has 0 bridgehead atoms. The highest BCUT2D eigenvalue weighted by molar-refractivity contribution is 5.87. The quantitative estimate of drug-likeness (QED) is 0.795. The number of carbonyl (C=O) groups is 2. The molecule has 0 heterocycles. The molecule has 0 radical (unpaired) electrons. The number of nitrogens with one attached hydrogen (secondary N) is 1. The summed E-state index contributed by atoms with van der Waals surface area (Å²) in [5.74, 6) is -1.21. The Kier molecular flexibility index (Phi) is 3.53. The number of carboxylic acids is 1. The van der Waals surface area contributed by atoms with Crippen LogP contribution in [-0.2, 0) is 4.79 Å². The number of hydrogen-bond acceptors (Lipinski definition) is 2. The van der Waals surface area contributed by atoms with Gasteiger partial charge in [0, 0.05) is 7.05 Å². The SMILES string of the molecule is CN(CC(F)(F)F)C(=O)NC1(C(=O)O)CCC1. The Bertz CT molecular complexity index is 326. The van der Waals surface area contributed by atoms with Crippen molar-refractivity contribution in [3.63, 3.8) is 0 Å². The zero-order valence-electron chi connectivity index (χ0n) is 9.17. The zero-order valence-corrected chi connectivity index (χ0v) is 9.17. The first-order valence-corrected chi connectivity index (χ1v) is 5.00. The van der Waals surface area contributed by atoms with Gasteiger partial charge in [0.25, 0.3) is 0 Å².